The molecule has 0 fully saturated rings. The zero-order chi connectivity index (χ0) is 15.5. The Kier molecular flexibility index (Phi) is 9.42. The molecule has 0 aromatic heterocycles. The van der Waals surface area contributed by atoms with Gasteiger partial charge < -0.3 is 19.9 Å². The molecule has 0 amide bonds. The van der Waals surface area contributed by atoms with Gasteiger partial charge >= 0.3 is 0 Å². The van der Waals surface area contributed by atoms with E-state index in [9.17, 15) is 5.11 Å². The Morgan fingerprint density at radius 2 is 2.00 bits per heavy atom. The molecule has 2 N–H and O–H groups in total. The van der Waals surface area contributed by atoms with E-state index in [2.05, 4.69) is 12.2 Å². The molecule has 0 aliphatic carbocycles. The van der Waals surface area contributed by atoms with Crippen LogP contribution in [0.2, 0.25) is 5.02 Å². The van der Waals surface area contributed by atoms with E-state index in [1.165, 1.54) is 0 Å². The molecule has 120 valence electrons. The quantitative estimate of drug-likeness (QED) is 0.615. The van der Waals surface area contributed by atoms with Gasteiger partial charge in [-0.15, -0.1) is 0 Å². The lowest BCUT2D eigenvalue weighted by Crippen LogP contribution is -2.25. The molecule has 0 bridgehead atoms. The molecule has 0 saturated heterocycles. The summed E-state index contributed by atoms with van der Waals surface area (Å²) in [5.74, 6) is 0. The number of unbranched alkanes of at least 4 members (excludes halogenated alkanes) is 1. The maximum Gasteiger partial charge on any atom is 0.0945 e. The Labute approximate surface area is 132 Å². The van der Waals surface area contributed by atoms with Crippen molar-refractivity contribution in [1.29, 1.82) is 0 Å². The van der Waals surface area contributed by atoms with Gasteiger partial charge in [-0.3, -0.25) is 0 Å². The smallest absolute Gasteiger partial charge is 0.0945 e. The number of ether oxygens (including phenoxy) is 2. The number of benzene rings is 1. The lowest BCUT2D eigenvalue weighted by molar-refractivity contribution is 0.00749. The highest BCUT2D eigenvalue weighted by Gasteiger charge is 2.06. The van der Waals surface area contributed by atoms with Gasteiger partial charge in [0.25, 0.3) is 0 Å². The van der Waals surface area contributed by atoms with Crippen molar-refractivity contribution in [2.75, 3.05) is 38.3 Å². The first kappa shape index (κ1) is 18.2. The standard InChI is InChI=1S/C16H26ClNO3/c1-3-4-7-20-8-9-21-12-14(19)11-18-16-6-5-13(2)10-15(16)17/h5-6,10,14,18-19H,3-4,7-9,11-12H2,1-2H3. The van der Waals surface area contributed by atoms with Crippen LogP contribution in [0.3, 0.4) is 0 Å². The molecule has 1 aromatic rings. The first-order valence-corrected chi connectivity index (χ1v) is 7.85. The molecule has 0 radical (unpaired) electrons. The van der Waals surface area contributed by atoms with Crippen molar-refractivity contribution in [3.05, 3.63) is 28.8 Å². The van der Waals surface area contributed by atoms with Gasteiger partial charge in [0, 0.05) is 13.2 Å². The predicted molar refractivity (Wildman–Crippen MR) is 87.2 cm³/mol. The molecule has 1 aromatic carbocycles. The lowest BCUT2D eigenvalue weighted by atomic mass is 10.2. The van der Waals surface area contributed by atoms with Crippen LogP contribution in [-0.2, 0) is 9.47 Å². The number of rotatable bonds is 11. The van der Waals surface area contributed by atoms with Gasteiger partial charge in [-0.1, -0.05) is 31.0 Å². The van der Waals surface area contributed by atoms with Gasteiger partial charge in [-0.05, 0) is 31.0 Å². The second-order valence-corrected chi connectivity index (χ2v) is 5.47. The third-order valence-corrected chi connectivity index (χ3v) is 3.29. The zero-order valence-electron chi connectivity index (χ0n) is 12.9. The number of hydrogen-bond donors (Lipinski definition) is 2. The van der Waals surface area contributed by atoms with Crippen molar-refractivity contribution < 1.29 is 14.6 Å². The number of aliphatic hydroxyl groups is 1. The van der Waals surface area contributed by atoms with Crippen LogP contribution in [0.1, 0.15) is 25.3 Å². The summed E-state index contributed by atoms with van der Waals surface area (Å²) in [4.78, 5) is 0. The van der Waals surface area contributed by atoms with Crippen LogP contribution in [0.15, 0.2) is 18.2 Å². The van der Waals surface area contributed by atoms with Crippen molar-refractivity contribution >= 4 is 17.3 Å². The average Bonchev–Trinajstić information content (AvgIpc) is 2.45. The Morgan fingerprint density at radius 3 is 2.71 bits per heavy atom. The molecule has 0 spiro atoms. The first-order valence-electron chi connectivity index (χ1n) is 7.47. The molecule has 0 saturated carbocycles. The largest absolute Gasteiger partial charge is 0.389 e. The van der Waals surface area contributed by atoms with Gasteiger partial charge in [0.15, 0.2) is 0 Å². The number of anilines is 1. The minimum Gasteiger partial charge on any atom is -0.389 e. The minimum absolute atomic E-state index is 0.285. The molecule has 0 aliphatic heterocycles. The van der Waals surface area contributed by atoms with E-state index in [1.807, 2.05) is 25.1 Å². The summed E-state index contributed by atoms with van der Waals surface area (Å²) in [6.45, 7) is 6.66. The molecule has 1 rings (SSSR count). The maximum absolute atomic E-state index is 9.83. The third-order valence-electron chi connectivity index (χ3n) is 2.98. The molecule has 1 unspecified atom stereocenters. The molecular weight excluding hydrogens is 290 g/mol. The van der Waals surface area contributed by atoms with Crippen LogP contribution >= 0.6 is 11.6 Å². The van der Waals surface area contributed by atoms with Crippen molar-refractivity contribution in [3.8, 4) is 0 Å². The highest BCUT2D eigenvalue weighted by Crippen LogP contribution is 2.22. The van der Waals surface area contributed by atoms with Gasteiger partial charge in [-0.2, -0.15) is 0 Å². The molecule has 4 nitrogen and oxygen atoms in total. The molecular formula is C16H26ClNO3. The number of aliphatic hydroxyl groups excluding tert-OH is 1. The summed E-state index contributed by atoms with van der Waals surface area (Å²) >= 11 is 6.11. The second kappa shape index (κ2) is 10.9. The summed E-state index contributed by atoms with van der Waals surface area (Å²) in [6, 6.07) is 5.78. The van der Waals surface area contributed by atoms with Crippen molar-refractivity contribution in [1.82, 2.24) is 0 Å². The lowest BCUT2D eigenvalue weighted by Gasteiger charge is -2.14. The van der Waals surface area contributed by atoms with E-state index < -0.39 is 6.10 Å². The van der Waals surface area contributed by atoms with E-state index in [4.69, 9.17) is 21.1 Å². The molecule has 5 heteroatoms. The maximum atomic E-state index is 9.83. The average molecular weight is 316 g/mol. The summed E-state index contributed by atoms with van der Waals surface area (Å²) in [7, 11) is 0. The van der Waals surface area contributed by atoms with E-state index in [-0.39, 0.29) is 6.61 Å². The normalized spacial score (nSPS) is 12.4. The summed E-state index contributed by atoms with van der Waals surface area (Å²) in [5, 5.41) is 13.6. The summed E-state index contributed by atoms with van der Waals surface area (Å²) in [5.41, 5.74) is 1.93. The van der Waals surface area contributed by atoms with Crippen molar-refractivity contribution in [3.63, 3.8) is 0 Å². The minimum atomic E-state index is -0.571. The third kappa shape index (κ3) is 8.27. The molecule has 21 heavy (non-hydrogen) atoms. The van der Waals surface area contributed by atoms with Crippen LogP contribution in [0.5, 0.6) is 0 Å². The number of aryl methyl sites for hydroxylation is 1. The van der Waals surface area contributed by atoms with Gasteiger partial charge in [-0.25, -0.2) is 0 Å². The number of nitrogens with one attached hydrogen (secondary N) is 1. The van der Waals surface area contributed by atoms with E-state index >= 15 is 0 Å². The van der Waals surface area contributed by atoms with Crippen LogP contribution in [-0.4, -0.2) is 44.2 Å². The monoisotopic (exact) mass is 315 g/mol. The molecule has 0 aliphatic rings. The second-order valence-electron chi connectivity index (χ2n) is 5.06. The predicted octanol–water partition coefficient (Wildman–Crippen LogP) is 3.25. The highest BCUT2D eigenvalue weighted by molar-refractivity contribution is 6.33. The number of hydrogen-bond acceptors (Lipinski definition) is 4. The zero-order valence-corrected chi connectivity index (χ0v) is 13.7. The van der Waals surface area contributed by atoms with Crippen molar-refractivity contribution in [2.45, 2.75) is 32.8 Å². The fraction of sp³-hybridized carbons (Fsp3) is 0.625. The fourth-order valence-electron chi connectivity index (χ4n) is 1.74. The Balaban J connectivity index is 2.09. The Hall–Kier alpha value is -0.810. The topological polar surface area (TPSA) is 50.7 Å². The first-order chi connectivity index (χ1) is 10.1. The van der Waals surface area contributed by atoms with Gasteiger partial charge in [0.1, 0.15) is 0 Å². The number of halogens is 1. The van der Waals surface area contributed by atoms with Gasteiger partial charge in [0.2, 0.25) is 0 Å². The van der Waals surface area contributed by atoms with E-state index in [1.54, 1.807) is 0 Å². The van der Waals surface area contributed by atoms with E-state index in [0.717, 1.165) is 30.7 Å². The van der Waals surface area contributed by atoms with Gasteiger partial charge in [0.05, 0.1) is 36.6 Å². The van der Waals surface area contributed by atoms with Crippen molar-refractivity contribution in [2.24, 2.45) is 0 Å². The fourth-order valence-corrected chi connectivity index (χ4v) is 2.04. The SMILES string of the molecule is CCCCOCCOCC(O)CNc1ccc(C)cc1Cl. The molecule has 0 heterocycles. The van der Waals surface area contributed by atoms with Crippen LogP contribution in [0.25, 0.3) is 0 Å². The molecule has 1 atom stereocenters. The highest BCUT2D eigenvalue weighted by atomic mass is 35.5. The summed E-state index contributed by atoms with van der Waals surface area (Å²) in [6.07, 6.45) is 1.63. The van der Waals surface area contributed by atoms with Crippen LogP contribution in [0, 0.1) is 6.92 Å². The Bertz CT molecular complexity index is 401. The van der Waals surface area contributed by atoms with E-state index in [0.29, 0.717) is 24.8 Å². The van der Waals surface area contributed by atoms with Crippen LogP contribution < -0.4 is 5.32 Å². The summed E-state index contributed by atoms with van der Waals surface area (Å²) < 4.78 is 10.7. The Morgan fingerprint density at radius 1 is 1.24 bits per heavy atom. The van der Waals surface area contributed by atoms with Crippen LogP contribution in [0.4, 0.5) is 5.69 Å².